The smallest absolute Gasteiger partial charge is 0.161 e. The van der Waals surface area contributed by atoms with Gasteiger partial charge in [-0.1, -0.05) is 0 Å². The molecule has 2 spiro atoms. The van der Waals surface area contributed by atoms with Crippen LogP contribution in [0.5, 0.6) is 11.5 Å². The Hall–Kier alpha value is -1.26. The highest BCUT2D eigenvalue weighted by molar-refractivity contribution is 5.51. The highest BCUT2D eigenvalue weighted by Crippen LogP contribution is 2.77. The van der Waals surface area contributed by atoms with Crippen LogP contribution in [0, 0.1) is 5.41 Å². The van der Waals surface area contributed by atoms with Gasteiger partial charge in [-0.05, 0) is 55.4 Å². The molecule has 2 heterocycles. The van der Waals surface area contributed by atoms with Gasteiger partial charge in [0.25, 0.3) is 0 Å². The Morgan fingerprint density at radius 3 is 2.43 bits per heavy atom. The summed E-state index contributed by atoms with van der Waals surface area (Å²) in [6.07, 6.45) is 6.12. The van der Waals surface area contributed by atoms with Crippen LogP contribution in [0.4, 0.5) is 0 Å². The summed E-state index contributed by atoms with van der Waals surface area (Å²) in [5.74, 6) is 1.68. The van der Waals surface area contributed by atoms with E-state index in [0.717, 1.165) is 24.5 Å². The second-order valence-corrected chi connectivity index (χ2v) is 6.94. The van der Waals surface area contributed by atoms with Crippen molar-refractivity contribution in [3.8, 4) is 11.5 Å². The van der Waals surface area contributed by atoms with E-state index in [9.17, 15) is 0 Å². The van der Waals surface area contributed by atoms with Gasteiger partial charge < -0.3 is 9.47 Å². The second-order valence-electron chi connectivity index (χ2n) is 6.94. The molecule has 2 saturated carbocycles. The van der Waals surface area contributed by atoms with Crippen LogP contribution in [-0.2, 0) is 11.3 Å². The van der Waals surface area contributed by atoms with Gasteiger partial charge in [0.05, 0.1) is 25.9 Å². The Balaban J connectivity index is 1.65. The maximum Gasteiger partial charge on any atom is 0.161 e. The van der Waals surface area contributed by atoms with E-state index >= 15 is 0 Å². The Morgan fingerprint density at radius 2 is 1.81 bits per heavy atom. The molecule has 1 aromatic carbocycles. The van der Waals surface area contributed by atoms with Crippen LogP contribution in [0.1, 0.15) is 42.9 Å². The van der Waals surface area contributed by atoms with Crippen molar-refractivity contribution in [2.24, 2.45) is 5.41 Å². The number of hydrogen-bond acceptors (Lipinski definition) is 4. The number of methoxy groups -OCH3 is 2. The van der Waals surface area contributed by atoms with Gasteiger partial charge in [0, 0.05) is 12.0 Å². The van der Waals surface area contributed by atoms with Crippen LogP contribution in [-0.4, -0.2) is 31.4 Å². The number of fused-ring (bicyclic) bond motifs is 5. The lowest BCUT2D eigenvalue weighted by Gasteiger charge is -2.33. The lowest BCUT2D eigenvalue weighted by atomic mass is 9.80. The van der Waals surface area contributed by atoms with Gasteiger partial charge in [0.15, 0.2) is 11.5 Å². The van der Waals surface area contributed by atoms with Crippen LogP contribution < -0.4 is 9.47 Å². The van der Waals surface area contributed by atoms with Gasteiger partial charge in [0.2, 0.25) is 0 Å². The van der Waals surface area contributed by atoms with E-state index in [0.29, 0.717) is 11.5 Å². The molecule has 1 saturated heterocycles. The average molecular weight is 287 g/mol. The molecule has 2 aliphatic carbocycles. The fourth-order valence-electron chi connectivity index (χ4n) is 4.73. The quantitative estimate of drug-likeness (QED) is 0.837. The van der Waals surface area contributed by atoms with Gasteiger partial charge in [0.1, 0.15) is 0 Å². The molecule has 5 rings (SSSR count). The third kappa shape index (κ3) is 1.38. The van der Waals surface area contributed by atoms with Crippen molar-refractivity contribution in [3.05, 3.63) is 23.3 Å². The minimum Gasteiger partial charge on any atom is -0.493 e. The minimum absolute atomic E-state index is 0.173. The molecule has 112 valence electrons. The first kappa shape index (κ1) is 12.3. The third-order valence-corrected chi connectivity index (χ3v) is 6.05. The molecular formula is C17H21NO3. The van der Waals surface area contributed by atoms with Gasteiger partial charge in [-0.25, -0.2) is 0 Å². The molecule has 3 fully saturated rings. The highest BCUT2D eigenvalue weighted by Gasteiger charge is 2.76. The fourth-order valence-corrected chi connectivity index (χ4v) is 4.73. The predicted molar refractivity (Wildman–Crippen MR) is 77.4 cm³/mol. The standard InChI is InChI=1S/C17H21NO3/c1-19-13-9-11-3-8-18-15(12(11)10-14(13)20-2)16(4-5-16)17(21-18)6-7-17/h9-10,15H,3-8H2,1-2H3. The summed E-state index contributed by atoms with van der Waals surface area (Å²) in [4.78, 5) is 6.39. The summed E-state index contributed by atoms with van der Waals surface area (Å²) >= 11 is 0. The molecular weight excluding hydrogens is 266 g/mol. The lowest BCUT2D eigenvalue weighted by molar-refractivity contribution is -0.176. The highest BCUT2D eigenvalue weighted by atomic mass is 16.7. The summed E-state index contributed by atoms with van der Waals surface area (Å²) in [6, 6.07) is 4.78. The molecule has 4 aliphatic rings. The Kier molecular flexibility index (Phi) is 2.19. The van der Waals surface area contributed by atoms with Gasteiger partial charge in [-0.15, -0.1) is 0 Å². The molecule has 1 unspecified atom stereocenters. The average Bonchev–Trinajstić information content (AvgIpc) is 3.38. The number of rotatable bonds is 2. The lowest BCUT2D eigenvalue weighted by Crippen LogP contribution is -2.32. The Morgan fingerprint density at radius 1 is 1.10 bits per heavy atom. The zero-order chi connectivity index (χ0) is 14.2. The Labute approximate surface area is 124 Å². The van der Waals surface area contributed by atoms with E-state index in [-0.39, 0.29) is 5.60 Å². The van der Waals surface area contributed by atoms with Crippen molar-refractivity contribution in [2.45, 2.75) is 43.7 Å². The molecule has 1 atom stereocenters. The van der Waals surface area contributed by atoms with Crippen molar-refractivity contribution in [1.29, 1.82) is 0 Å². The molecule has 0 bridgehead atoms. The maximum atomic E-state index is 6.39. The van der Waals surface area contributed by atoms with Crippen molar-refractivity contribution in [2.75, 3.05) is 20.8 Å². The first-order chi connectivity index (χ1) is 10.2. The maximum absolute atomic E-state index is 6.39. The van der Waals surface area contributed by atoms with E-state index in [1.54, 1.807) is 14.2 Å². The van der Waals surface area contributed by atoms with E-state index in [2.05, 4.69) is 17.2 Å². The van der Waals surface area contributed by atoms with Crippen LogP contribution >= 0.6 is 0 Å². The number of nitrogens with zero attached hydrogens (tertiary/aromatic N) is 1. The van der Waals surface area contributed by atoms with Crippen molar-refractivity contribution < 1.29 is 14.3 Å². The summed E-state index contributed by atoms with van der Waals surface area (Å²) in [6.45, 7) is 0.997. The van der Waals surface area contributed by atoms with Crippen molar-refractivity contribution in [1.82, 2.24) is 5.06 Å². The van der Waals surface area contributed by atoms with Crippen LogP contribution in [0.25, 0.3) is 0 Å². The van der Waals surface area contributed by atoms with Gasteiger partial charge in [-0.3, -0.25) is 4.84 Å². The first-order valence-corrected chi connectivity index (χ1v) is 7.94. The van der Waals surface area contributed by atoms with Crippen LogP contribution in [0.2, 0.25) is 0 Å². The number of hydrogen-bond donors (Lipinski definition) is 0. The molecule has 4 nitrogen and oxygen atoms in total. The van der Waals surface area contributed by atoms with Gasteiger partial charge in [-0.2, -0.15) is 5.06 Å². The molecule has 0 radical (unpaired) electrons. The summed E-state index contributed by atoms with van der Waals surface area (Å²) in [5.41, 5.74) is 3.36. The fraction of sp³-hybridized carbons (Fsp3) is 0.647. The van der Waals surface area contributed by atoms with Crippen LogP contribution in [0.15, 0.2) is 12.1 Å². The third-order valence-electron chi connectivity index (χ3n) is 6.05. The number of ether oxygens (including phenoxy) is 2. The van der Waals surface area contributed by atoms with Gasteiger partial charge >= 0.3 is 0 Å². The largest absolute Gasteiger partial charge is 0.493 e. The van der Waals surface area contributed by atoms with E-state index in [4.69, 9.17) is 14.3 Å². The second kappa shape index (κ2) is 3.73. The monoisotopic (exact) mass is 287 g/mol. The van der Waals surface area contributed by atoms with E-state index < -0.39 is 0 Å². The molecule has 21 heavy (non-hydrogen) atoms. The van der Waals surface area contributed by atoms with Crippen molar-refractivity contribution >= 4 is 0 Å². The molecule has 0 aromatic heterocycles. The molecule has 4 heteroatoms. The Bertz CT molecular complexity index is 619. The zero-order valence-electron chi connectivity index (χ0n) is 12.6. The SMILES string of the molecule is COc1cc2c(cc1OC)C1N(CC2)OC2(CC2)C12CC2. The normalized spacial score (nSPS) is 30.1. The summed E-state index contributed by atoms with van der Waals surface area (Å²) in [5, 5.41) is 2.27. The van der Waals surface area contributed by atoms with E-state index in [1.807, 2.05) is 0 Å². The summed E-state index contributed by atoms with van der Waals surface area (Å²) < 4.78 is 11.0. The molecule has 2 aliphatic heterocycles. The van der Waals surface area contributed by atoms with E-state index in [1.165, 1.54) is 36.8 Å². The molecule has 1 aromatic rings. The minimum atomic E-state index is 0.173. The molecule has 0 amide bonds. The van der Waals surface area contributed by atoms with Crippen molar-refractivity contribution in [3.63, 3.8) is 0 Å². The predicted octanol–water partition coefficient (Wildman–Crippen LogP) is 2.86. The summed E-state index contributed by atoms with van der Waals surface area (Å²) in [7, 11) is 3.42. The van der Waals surface area contributed by atoms with Crippen LogP contribution in [0.3, 0.4) is 0 Å². The number of benzene rings is 1. The zero-order valence-corrected chi connectivity index (χ0v) is 12.6. The number of hydroxylamine groups is 2. The molecule has 0 N–H and O–H groups in total. The first-order valence-electron chi connectivity index (χ1n) is 7.94. The topological polar surface area (TPSA) is 30.9 Å².